The average Bonchev–Trinajstić information content (AvgIpc) is 2.26. The molecule has 4 N–H and O–H groups in total. The van der Waals surface area contributed by atoms with Crippen molar-refractivity contribution in [3.05, 3.63) is 0 Å². The van der Waals surface area contributed by atoms with E-state index in [2.05, 4.69) is 5.32 Å². The van der Waals surface area contributed by atoms with Crippen LogP contribution in [0.1, 0.15) is 32.6 Å². The van der Waals surface area contributed by atoms with Gasteiger partial charge in [-0.15, -0.1) is 0 Å². The molecule has 0 bridgehead atoms. The number of carbonyl (C=O) groups excluding carboxylic acids is 1. The third-order valence-corrected chi connectivity index (χ3v) is 2.32. The summed E-state index contributed by atoms with van der Waals surface area (Å²) in [7, 11) is 0. The molecule has 0 rings (SSSR count). The number of rotatable bonds is 8. The average molecular weight is 219 g/mol. The molecule has 0 fully saturated rings. The van der Waals surface area contributed by atoms with E-state index in [9.17, 15) is 4.79 Å². The fraction of sp³-hybridized carbons (Fsp3) is 0.900. The van der Waals surface area contributed by atoms with E-state index in [0.29, 0.717) is 6.42 Å². The van der Waals surface area contributed by atoms with E-state index in [1.165, 1.54) is 0 Å². The Labute approximate surface area is 90.1 Å². The first kappa shape index (κ1) is 14.3. The highest BCUT2D eigenvalue weighted by atomic mass is 16.3. The fourth-order valence-electron chi connectivity index (χ4n) is 1.16. The normalized spacial score (nSPS) is 11.5. The number of nitrogens with one attached hydrogen (secondary N) is 1. The number of hydrogen-bond donors (Lipinski definition) is 4. The van der Waals surface area contributed by atoms with Crippen LogP contribution in [0, 0.1) is 0 Å². The van der Waals surface area contributed by atoms with Crippen molar-refractivity contribution in [2.24, 2.45) is 0 Å². The first-order valence-electron chi connectivity index (χ1n) is 5.27. The molecule has 0 spiro atoms. The van der Waals surface area contributed by atoms with Gasteiger partial charge in [0.05, 0.1) is 19.8 Å². The van der Waals surface area contributed by atoms with Crippen LogP contribution in [0.2, 0.25) is 0 Å². The number of aliphatic hydroxyl groups is 3. The largest absolute Gasteiger partial charge is 0.394 e. The standard InChI is InChI=1S/C10H21NO4/c1-2-3-4-5-9(15)11-10(6-12,7-13)8-14/h12-14H,2-8H2,1H3,(H,11,15). The highest BCUT2D eigenvalue weighted by Gasteiger charge is 2.29. The van der Waals surface area contributed by atoms with Gasteiger partial charge in [0.15, 0.2) is 0 Å². The van der Waals surface area contributed by atoms with Crippen molar-refractivity contribution in [1.82, 2.24) is 5.32 Å². The summed E-state index contributed by atoms with van der Waals surface area (Å²) in [5.74, 6) is -0.249. The second-order valence-electron chi connectivity index (χ2n) is 3.76. The van der Waals surface area contributed by atoms with E-state index in [-0.39, 0.29) is 5.91 Å². The first-order chi connectivity index (χ1) is 7.14. The van der Waals surface area contributed by atoms with Crippen LogP contribution in [-0.2, 0) is 4.79 Å². The minimum absolute atomic E-state index is 0.249. The highest BCUT2D eigenvalue weighted by molar-refractivity contribution is 5.76. The summed E-state index contributed by atoms with van der Waals surface area (Å²) < 4.78 is 0. The predicted octanol–water partition coefficient (Wildman–Crippen LogP) is -0.601. The molecular formula is C10H21NO4. The van der Waals surface area contributed by atoms with E-state index in [4.69, 9.17) is 15.3 Å². The summed E-state index contributed by atoms with van der Waals surface area (Å²) in [6.07, 6.45) is 3.13. The molecule has 5 nitrogen and oxygen atoms in total. The van der Waals surface area contributed by atoms with Crippen LogP contribution in [0.5, 0.6) is 0 Å². The second-order valence-corrected chi connectivity index (χ2v) is 3.76. The Hall–Kier alpha value is -0.650. The zero-order valence-corrected chi connectivity index (χ0v) is 9.20. The Kier molecular flexibility index (Phi) is 7.29. The van der Waals surface area contributed by atoms with Crippen LogP contribution in [0.3, 0.4) is 0 Å². The molecule has 0 unspecified atom stereocenters. The number of aliphatic hydroxyl groups excluding tert-OH is 3. The second kappa shape index (κ2) is 7.62. The molecule has 0 aliphatic heterocycles. The van der Waals surface area contributed by atoms with Gasteiger partial charge in [-0.1, -0.05) is 19.8 Å². The Morgan fingerprint density at radius 3 is 2.07 bits per heavy atom. The van der Waals surface area contributed by atoms with Crippen LogP contribution in [0.25, 0.3) is 0 Å². The molecule has 0 saturated heterocycles. The minimum atomic E-state index is -1.29. The lowest BCUT2D eigenvalue weighted by atomic mass is 10.0. The molecule has 0 aromatic carbocycles. The molecule has 1 amide bonds. The summed E-state index contributed by atoms with van der Waals surface area (Å²) in [5, 5.41) is 29.3. The van der Waals surface area contributed by atoms with Gasteiger partial charge in [-0.3, -0.25) is 4.79 Å². The molecule has 15 heavy (non-hydrogen) atoms. The van der Waals surface area contributed by atoms with E-state index in [1.807, 2.05) is 6.92 Å². The lowest BCUT2D eigenvalue weighted by molar-refractivity contribution is -0.125. The molecular weight excluding hydrogens is 198 g/mol. The van der Waals surface area contributed by atoms with Crippen molar-refractivity contribution >= 4 is 5.91 Å². The number of amides is 1. The van der Waals surface area contributed by atoms with Crippen molar-refractivity contribution in [2.75, 3.05) is 19.8 Å². The third kappa shape index (κ3) is 5.11. The SMILES string of the molecule is CCCCCC(=O)NC(CO)(CO)CO. The summed E-state index contributed by atoms with van der Waals surface area (Å²) in [4.78, 5) is 11.4. The fourth-order valence-corrected chi connectivity index (χ4v) is 1.16. The van der Waals surface area contributed by atoms with Gasteiger partial charge in [0, 0.05) is 6.42 Å². The van der Waals surface area contributed by atoms with Crippen LogP contribution in [-0.4, -0.2) is 46.6 Å². The van der Waals surface area contributed by atoms with E-state index < -0.39 is 25.4 Å². The minimum Gasteiger partial charge on any atom is -0.394 e. The lowest BCUT2D eigenvalue weighted by Crippen LogP contribution is -2.57. The number of unbranched alkanes of at least 4 members (excludes halogenated alkanes) is 2. The molecule has 0 aliphatic carbocycles. The van der Waals surface area contributed by atoms with Gasteiger partial charge in [0.1, 0.15) is 5.54 Å². The van der Waals surface area contributed by atoms with Crippen molar-refractivity contribution < 1.29 is 20.1 Å². The van der Waals surface area contributed by atoms with Gasteiger partial charge in [0.25, 0.3) is 0 Å². The first-order valence-corrected chi connectivity index (χ1v) is 5.27. The Morgan fingerprint density at radius 2 is 1.67 bits per heavy atom. The van der Waals surface area contributed by atoms with Crippen LogP contribution in [0.15, 0.2) is 0 Å². The number of carbonyl (C=O) groups is 1. The third-order valence-electron chi connectivity index (χ3n) is 2.32. The molecule has 0 aromatic heterocycles. The Balaban J connectivity index is 4.00. The number of hydrogen-bond acceptors (Lipinski definition) is 4. The molecule has 5 heteroatoms. The Bertz CT molecular complexity index is 172. The molecule has 0 aliphatic rings. The quantitative estimate of drug-likeness (QED) is 0.410. The molecule has 0 heterocycles. The van der Waals surface area contributed by atoms with Gasteiger partial charge >= 0.3 is 0 Å². The van der Waals surface area contributed by atoms with Gasteiger partial charge in [0.2, 0.25) is 5.91 Å². The molecule has 90 valence electrons. The van der Waals surface area contributed by atoms with Crippen molar-refractivity contribution in [2.45, 2.75) is 38.1 Å². The van der Waals surface area contributed by atoms with E-state index in [0.717, 1.165) is 19.3 Å². The summed E-state index contributed by atoms with van der Waals surface area (Å²) in [6.45, 7) is 0.621. The van der Waals surface area contributed by atoms with Crippen LogP contribution < -0.4 is 5.32 Å². The van der Waals surface area contributed by atoms with Gasteiger partial charge in [-0.05, 0) is 6.42 Å². The maximum atomic E-state index is 11.4. The molecule has 0 radical (unpaired) electrons. The van der Waals surface area contributed by atoms with E-state index >= 15 is 0 Å². The lowest BCUT2D eigenvalue weighted by Gasteiger charge is -2.28. The highest BCUT2D eigenvalue weighted by Crippen LogP contribution is 2.04. The maximum absolute atomic E-state index is 11.4. The zero-order valence-electron chi connectivity index (χ0n) is 9.20. The molecule has 0 saturated carbocycles. The van der Waals surface area contributed by atoms with Gasteiger partial charge in [-0.2, -0.15) is 0 Å². The summed E-state index contributed by atoms with van der Waals surface area (Å²) >= 11 is 0. The molecule has 0 atom stereocenters. The van der Waals surface area contributed by atoms with Gasteiger partial charge in [-0.25, -0.2) is 0 Å². The smallest absolute Gasteiger partial charge is 0.220 e. The van der Waals surface area contributed by atoms with Crippen LogP contribution in [0.4, 0.5) is 0 Å². The Morgan fingerprint density at radius 1 is 1.13 bits per heavy atom. The summed E-state index contributed by atoms with van der Waals surface area (Å²) in [5.41, 5.74) is -1.29. The topological polar surface area (TPSA) is 89.8 Å². The van der Waals surface area contributed by atoms with E-state index in [1.54, 1.807) is 0 Å². The van der Waals surface area contributed by atoms with Crippen LogP contribution >= 0.6 is 0 Å². The summed E-state index contributed by atoms with van der Waals surface area (Å²) in [6, 6.07) is 0. The zero-order chi connectivity index (χ0) is 11.7. The van der Waals surface area contributed by atoms with Crippen molar-refractivity contribution in [1.29, 1.82) is 0 Å². The van der Waals surface area contributed by atoms with Crippen molar-refractivity contribution in [3.63, 3.8) is 0 Å². The monoisotopic (exact) mass is 219 g/mol. The predicted molar refractivity (Wildman–Crippen MR) is 56.3 cm³/mol. The van der Waals surface area contributed by atoms with Gasteiger partial charge < -0.3 is 20.6 Å². The maximum Gasteiger partial charge on any atom is 0.220 e. The van der Waals surface area contributed by atoms with Crippen molar-refractivity contribution in [3.8, 4) is 0 Å². The molecule has 0 aromatic rings.